The van der Waals surface area contributed by atoms with Crippen LogP contribution in [0.5, 0.6) is 0 Å². The van der Waals surface area contributed by atoms with Gasteiger partial charge in [0.15, 0.2) is 0 Å². The van der Waals surface area contributed by atoms with Crippen LogP contribution < -0.4 is 5.32 Å². The highest BCUT2D eigenvalue weighted by Crippen LogP contribution is 2.28. The zero-order valence-electron chi connectivity index (χ0n) is 14.0. The van der Waals surface area contributed by atoms with Gasteiger partial charge >= 0.3 is 0 Å². The van der Waals surface area contributed by atoms with Gasteiger partial charge < -0.3 is 9.88 Å². The number of aromatic nitrogens is 1. The molecule has 3 aromatic carbocycles. The Morgan fingerprint density at radius 1 is 0.760 bits per heavy atom. The normalized spacial score (nSPS) is 11.0. The highest BCUT2D eigenvalue weighted by Gasteiger charge is 2.09. The van der Waals surface area contributed by atoms with Gasteiger partial charge in [0, 0.05) is 40.5 Å². The summed E-state index contributed by atoms with van der Waals surface area (Å²) in [4.78, 5) is 12.1. The number of aryl methyl sites for hydroxylation is 1. The predicted molar refractivity (Wildman–Crippen MR) is 103 cm³/mol. The number of amides is 1. The van der Waals surface area contributed by atoms with Crippen LogP contribution in [0.25, 0.3) is 21.8 Å². The highest BCUT2D eigenvalue weighted by molar-refractivity contribution is 6.07. The maximum atomic E-state index is 12.1. The second-order valence-corrected chi connectivity index (χ2v) is 6.16. The first-order valence-electron chi connectivity index (χ1n) is 8.64. The van der Waals surface area contributed by atoms with Crippen molar-refractivity contribution in [2.75, 3.05) is 6.54 Å². The molecule has 0 unspecified atom stereocenters. The fourth-order valence-corrected chi connectivity index (χ4v) is 3.37. The summed E-state index contributed by atoms with van der Waals surface area (Å²) in [5.74, 6) is -0.0113. The molecule has 1 amide bonds. The van der Waals surface area contributed by atoms with E-state index in [4.69, 9.17) is 0 Å². The van der Waals surface area contributed by atoms with Crippen molar-refractivity contribution in [3.05, 3.63) is 84.4 Å². The molecule has 0 radical (unpaired) electrons. The molecule has 25 heavy (non-hydrogen) atoms. The third-order valence-corrected chi connectivity index (χ3v) is 4.56. The summed E-state index contributed by atoms with van der Waals surface area (Å²) >= 11 is 0. The lowest BCUT2D eigenvalue weighted by Crippen LogP contribution is -2.25. The molecule has 1 heterocycles. The van der Waals surface area contributed by atoms with Crippen molar-refractivity contribution in [1.82, 2.24) is 9.88 Å². The lowest BCUT2D eigenvalue weighted by Gasteiger charge is -2.09. The molecule has 0 saturated carbocycles. The number of carbonyl (C=O) groups is 1. The molecular formula is C22H20N2O. The van der Waals surface area contributed by atoms with Gasteiger partial charge in [0.2, 0.25) is 0 Å². The Labute approximate surface area is 146 Å². The maximum Gasteiger partial charge on any atom is 0.251 e. The Morgan fingerprint density at radius 3 is 1.96 bits per heavy atom. The molecule has 0 aliphatic carbocycles. The molecule has 4 aromatic rings. The standard InChI is InChI=1S/C22H20N2O/c25-22(17-9-2-1-3-10-17)23-15-8-16-24-20-13-6-4-11-18(20)19-12-5-7-14-21(19)24/h1-7,9-14H,8,15-16H2,(H,23,25). The van der Waals surface area contributed by atoms with Crippen LogP contribution in [-0.2, 0) is 6.54 Å². The van der Waals surface area contributed by atoms with Crippen LogP contribution in [0.4, 0.5) is 0 Å². The minimum Gasteiger partial charge on any atom is -0.352 e. The van der Waals surface area contributed by atoms with E-state index in [1.807, 2.05) is 30.3 Å². The largest absolute Gasteiger partial charge is 0.352 e. The molecule has 0 atom stereocenters. The van der Waals surface area contributed by atoms with Gasteiger partial charge in [-0.25, -0.2) is 0 Å². The Balaban J connectivity index is 1.48. The maximum absolute atomic E-state index is 12.1. The zero-order valence-corrected chi connectivity index (χ0v) is 14.0. The first-order valence-corrected chi connectivity index (χ1v) is 8.64. The summed E-state index contributed by atoms with van der Waals surface area (Å²) in [6.45, 7) is 1.54. The Hall–Kier alpha value is -3.07. The minimum atomic E-state index is -0.0113. The average Bonchev–Trinajstić information content (AvgIpc) is 3.00. The van der Waals surface area contributed by atoms with E-state index in [9.17, 15) is 4.79 Å². The van der Waals surface area contributed by atoms with E-state index in [1.165, 1.54) is 21.8 Å². The molecule has 124 valence electrons. The molecule has 4 rings (SSSR count). The number of nitrogens with zero attached hydrogens (tertiary/aromatic N) is 1. The quantitative estimate of drug-likeness (QED) is 0.533. The van der Waals surface area contributed by atoms with Gasteiger partial charge in [0.05, 0.1) is 0 Å². The second-order valence-electron chi connectivity index (χ2n) is 6.16. The van der Waals surface area contributed by atoms with Crippen LogP contribution in [0, 0.1) is 0 Å². The fraction of sp³-hybridized carbons (Fsp3) is 0.136. The van der Waals surface area contributed by atoms with Gasteiger partial charge in [0.25, 0.3) is 5.91 Å². The molecule has 0 saturated heterocycles. The van der Waals surface area contributed by atoms with E-state index in [-0.39, 0.29) is 5.91 Å². The average molecular weight is 328 g/mol. The third kappa shape index (κ3) is 3.01. The van der Waals surface area contributed by atoms with Gasteiger partial charge in [-0.3, -0.25) is 4.79 Å². The van der Waals surface area contributed by atoms with Crippen molar-refractivity contribution in [3.63, 3.8) is 0 Å². The molecule has 0 aliphatic rings. The van der Waals surface area contributed by atoms with Crippen molar-refractivity contribution in [2.45, 2.75) is 13.0 Å². The number of nitrogens with one attached hydrogen (secondary N) is 1. The van der Waals surface area contributed by atoms with E-state index in [1.54, 1.807) is 0 Å². The van der Waals surface area contributed by atoms with Crippen LogP contribution in [0.15, 0.2) is 78.9 Å². The van der Waals surface area contributed by atoms with Gasteiger partial charge in [-0.1, -0.05) is 54.6 Å². The van der Waals surface area contributed by atoms with Crippen LogP contribution in [0.1, 0.15) is 16.8 Å². The predicted octanol–water partition coefficient (Wildman–Crippen LogP) is 4.61. The highest BCUT2D eigenvalue weighted by atomic mass is 16.1. The lowest BCUT2D eigenvalue weighted by molar-refractivity contribution is 0.0953. The molecule has 0 fully saturated rings. The number of fused-ring (bicyclic) bond motifs is 3. The smallest absolute Gasteiger partial charge is 0.251 e. The fourth-order valence-electron chi connectivity index (χ4n) is 3.37. The summed E-state index contributed by atoms with van der Waals surface area (Å²) in [5, 5.41) is 5.57. The van der Waals surface area contributed by atoms with Gasteiger partial charge in [-0.2, -0.15) is 0 Å². The SMILES string of the molecule is O=C(NCCCn1c2ccccc2c2ccccc21)c1ccccc1. The Morgan fingerprint density at radius 2 is 1.32 bits per heavy atom. The second kappa shape index (κ2) is 6.81. The van der Waals surface area contributed by atoms with Gasteiger partial charge in [-0.15, -0.1) is 0 Å². The first-order chi connectivity index (χ1) is 12.3. The molecule has 0 aliphatic heterocycles. The van der Waals surface area contributed by atoms with Gasteiger partial charge in [0.1, 0.15) is 0 Å². The van der Waals surface area contributed by atoms with E-state index in [2.05, 4.69) is 58.4 Å². The van der Waals surface area contributed by atoms with E-state index in [0.717, 1.165) is 13.0 Å². The Kier molecular flexibility index (Phi) is 4.21. The van der Waals surface area contributed by atoms with E-state index >= 15 is 0 Å². The van der Waals surface area contributed by atoms with Crippen LogP contribution in [0.3, 0.4) is 0 Å². The van der Waals surface area contributed by atoms with Crippen LogP contribution in [-0.4, -0.2) is 17.0 Å². The number of benzene rings is 3. The van der Waals surface area contributed by atoms with Crippen molar-refractivity contribution in [3.8, 4) is 0 Å². The topological polar surface area (TPSA) is 34.0 Å². The first kappa shape index (κ1) is 15.5. The van der Waals surface area contributed by atoms with Crippen molar-refractivity contribution < 1.29 is 4.79 Å². The lowest BCUT2D eigenvalue weighted by atomic mass is 10.2. The summed E-state index contributed by atoms with van der Waals surface area (Å²) < 4.78 is 2.35. The van der Waals surface area contributed by atoms with Crippen LogP contribution >= 0.6 is 0 Å². The van der Waals surface area contributed by atoms with Crippen molar-refractivity contribution in [2.24, 2.45) is 0 Å². The van der Waals surface area contributed by atoms with Crippen molar-refractivity contribution in [1.29, 1.82) is 0 Å². The molecule has 1 N–H and O–H groups in total. The molecular weight excluding hydrogens is 308 g/mol. The summed E-state index contributed by atoms with van der Waals surface area (Å²) in [5.41, 5.74) is 3.20. The van der Waals surface area contributed by atoms with Gasteiger partial charge in [-0.05, 0) is 30.7 Å². The summed E-state index contributed by atoms with van der Waals surface area (Å²) in [6, 6.07) is 26.3. The number of hydrogen-bond donors (Lipinski definition) is 1. The Bertz CT molecular complexity index is 965. The number of carbonyl (C=O) groups excluding carboxylic acids is 1. The monoisotopic (exact) mass is 328 g/mol. The van der Waals surface area contributed by atoms with Crippen molar-refractivity contribution >= 4 is 27.7 Å². The van der Waals surface area contributed by atoms with E-state index < -0.39 is 0 Å². The zero-order chi connectivity index (χ0) is 17.1. The molecule has 3 heteroatoms. The summed E-state index contributed by atoms with van der Waals surface area (Å²) in [7, 11) is 0. The molecule has 0 bridgehead atoms. The van der Waals surface area contributed by atoms with Crippen LogP contribution in [0.2, 0.25) is 0 Å². The minimum absolute atomic E-state index is 0.0113. The molecule has 1 aromatic heterocycles. The summed E-state index contributed by atoms with van der Waals surface area (Å²) in [6.07, 6.45) is 0.890. The molecule has 3 nitrogen and oxygen atoms in total. The van der Waals surface area contributed by atoms with E-state index in [0.29, 0.717) is 12.1 Å². The molecule has 0 spiro atoms. The number of para-hydroxylation sites is 2. The third-order valence-electron chi connectivity index (χ3n) is 4.56. The number of hydrogen-bond acceptors (Lipinski definition) is 1. The number of rotatable bonds is 5.